The molecule has 82 valence electrons. The van der Waals surface area contributed by atoms with E-state index in [0.29, 0.717) is 17.1 Å². The predicted molar refractivity (Wildman–Crippen MR) is 56.0 cm³/mol. The molecule has 16 heavy (non-hydrogen) atoms. The zero-order valence-corrected chi connectivity index (χ0v) is 8.89. The molecule has 0 saturated heterocycles. The number of nitrogens with one attached hydrogen (secondary N) is 1. The van der Waals surface area contributed by atoms with Crippen LogP contribution in [0.25, 0.3) is 0 Å². The van der Waals surface area contributed by atoms with Gasteiger partial charge in [0.15, 0.2) is 5.76 Å². The molecule has 2 aromatic heterocycles. The van der Waals surface area contributed by atoms with Gasteiger partial charge in [0.05, 0.1) is 6.20 Å². The zero-order chi connectivity index (χ0) is 11.5. The summed E-state index contributed by atoms with van der Waals surface area (Å²) in [5, 5.41) is 6.41. The topological polar surface area (TPSA) is 80.9 Å². The number of aromatic nitrogens is 3. The fraction of sp³-hybridized carbons (Fsp3) is 0.200. The molecule has 0 fully saturated rings. The monoisotopic (exact) mass is 218 g/mol. The summed E-state index contributed by atoms with van der Waals surface area (Å²) in [6, 6.07) is 0. The minimum absolute atomic E-state index is 0.252. The van der Waals surface area contributed by atoms with Crippen LogP contribution in [0, 0.1) is 13.8 Å². The van der Waals surface area contributed by atoms with Gasteiger partial charge < -0.3 is 9.84 Å². The zero-order valence-electron chi connectivity index (χ0n) is 8.89. The van der Waals surface area contributed by atoms with Gasteiger partial charge >= 0.3 is 0 Å². The third-order valence-electron chi connectivity index (χ3n) is 2.07. The second kappa shape index (κ2) is 4.09. The lowest BCUT2D eigenvalue weighted by Crippen LogP contribution is -2.14. The van der Waals surface area contributed by atoms with Crippen LogP contribution >= 0.6 is 0 Å². The molecular weight excluding hydrogens is 208 g/mol. The molecule has 6 nitrogen and oxygen atoms in total. The maximum atomic E-state index is 11.7. The van der Waals surface area contributed by atoms with E-state index in [1.807, 2.05) is 0 Å². The highest BCUT2D eigenvalue weighted by Crippen LogP contribution is 2.18. The van der Waals surface area contributed by atoms with Crippen molar-refractivity contribution < 1.29 is 9.32 Å². The molecule has 0 atom stereocenters. The van der Waals surface area contributed by atoms with Crippen LogP contribution in [0.4, 0.5) is 5.69 Å². The first-order valence-electron chi connectivity index (χ1n) is 4.68. The van der Waals surface area contributed by atoms with Crippen molar-refractivity contribution in [1.29, 1.82) is 0 Å². The van der Waals surface area contributed by atoms with Gasteiger partial charge in [0.25, 0.3) is 5.91 Å². The van der Waals surface area contributed by atoms with Crippen molar-refractivity contribution in [1.82, 2.24) is 15.1 Å². The van der Waals surface area contributed by atoms with Crippen molar-refractivity contribution >= 4 is 11.6 Å². The molecule has 0 bridgehead atoms. The lowest BCUT2D eigenvalue weighted by atomic mass is 10.3. The number of carbonyl (C=O) groups is 1. The van der Waals surface area contributed by atoms with E-state index >= 15 is 0 Å². The molecule has 2 heterocycles. The Morgan fingerprint density at radius 2 is 2.19 bits per heavy atom. The van der Waals surface area contributed by atoms with Crippen LogP contribution in [0.3, 0.4) is 0 Å². The largest absolute Gasteiger partial charge is 0.359 e. The van der Waals surface area contributed by atoms with Crippen LogP contribution in [0.15, 0.2) is 23.1 Å². The molecule has 0 saturated carbocycles. The molecule has 0 radical (unpaired) electrons. The van der Waals surface area contributed by atoms with Crippen LogP contribution < -0.4 is 5.32 Å². The molecule has 1 amide bonds. The van der Waals surface area contributed by atoms with Gasteiger partial charge in [-0.05, 0) is 13.8 Å². The van der Waals surface area contributed by atoms with E-state index in [4.69, 9.17) is 4.52 Å². The third-order valence-corrected chi connectivity index (χ3v) is 2.07. The molecule has 0 aliphatic carbocycles. The van der Waals surface area contributed by atoms with E-state index in [0.717, 1.165) is 0 Å². The van der Waals surface area contributed by atoms with Crippen LogP contribution in [-0.2, 0) is 0 Å². The molecule has 0 unspecified atom stereocenters. The Balaban J connectivity index is 2.21. The number of aryl methyl sites for hydroxylation is 2. The number of carbonyl (C=O) groups excluding carboxylic acids is 1. The maximum absolute atomic E-state index is 11.7. The van der Waals surface area contributed by atoms with Gasteiger partial charge in [-0.25, -0.2) is 4.98 Å². The number of amides is 1. The molecule has 1 N–H and O–H groups in total. The highest BCUT2D eigenvalue weighted by molar-refractivity contribution is 6.03. The Kier molecular flexibility index (Phi) is 2.63. The van der Waals surface area contributed by atoms with Gasteiger partial charge in [-0.2, -0.15) is 0 Å². The summed E-state index contributed by atoms with van der Waals surface area (Å²) in [7, 11) is 0. The predicted octanol–water partition coefficient (Wildman–Crippen LogP) is 1.33. The molecule has 0 aromatic carbocycles. The summed E-state index contributed by atoms with van der Waals surface area (Å²) >= 11 is 0. The highest BCUT2D eigenvalue weighted by Gasteiger charge is 2.14. The summed E-state index contributed by atoms with van der Waals surface area (Å²) in [5.41, 5.74) is 1.47. The summed E-state index contributed by atoms with van der Waals surface area (Å²) < 4.78 is 4.93. The van der Waals surface area contributed by atoms with Crippen molar-refractivity contribution in [3.63, 3.8) is 0 Å². The van der Waals surface area contributed by atoms with Crippen molar-refractivity contribution in [2.45, 2.75) is 13.8 Å². The van der Waals surface area contributed by atoms with Gasteiger partial charge in [0.2, 0.25) is 0 Å². The van der Waals surface area contributed by atoms with Gasteiger partial charge in [-0.15, -0.1) is 0 Å². The number of anilines is 1. The van der Waals surface area contributed by atoms with Crippen LogP contribution in [0.5, 0.6) is 0 Å². The summed E-state index contributed by atoms with van der Waals surface area (Å²) in [4.78, 5) is 19.4. The average Bonchev–Trinajstić information content (AvgIpc) is 2.62. The molecule has 0 spiro atoms. The van der Waals surface area contributed by atoms with E-state index in [1.165, 1.54) is 18.6 Å². The van der Waals surface area contributed by atoms with Gasteiger partial charge in [0, 0.05) is 12.4 Å². The molecule has 0 aliphatic heterocycles. The van der Waals surface area contributed by atoms with E-state index in [1.54, 1.807) is 13.8 Å². The first-order chi connectivity index (χ1) is 7.68. The number of hydrogen-bond acceptors (Lipinski definition) is 5. The fourth-order valence-corrected chi connectivity index (χ4v) is 1.26. The third kappa shape index (κ3) is 1.90. The van der Waals surface area contributed by atoms with Crippen molar-refractivity contribution in [3.05, 3.63) is 35.7 Å². The summed E-state index contributed by atoms with van der Waals surface area (Å²) in [6.07, 6.45) is 4.36. The fourth-order valence-electron chi connectivity index (χ4n) is 1.26. The lowest BCUT2D eigenvalue weighted by Gasteiger charge is -2.02. The Labute approximate surface area is 91.7 Å². The van der Waals surface area contributed by atoms with Crippen molar-refractivity contribution in [3.8, 4) is 0 Å². The summed E-state index contributed by atoms with van der Waals surface area (Å²) in [6.45, 7) is 3.48. The van der Waals surface area contributed by atoms with Crippen molar-refractivity contribution in [2.75, 3.05) is 5.32 Å². The van der Waals surface area contributed by atoms with Gasteiger partial charge in [-0.1, -0.05) is 5.16 Å². The van der Waals surface area contributed by atoms with Gasteiger partial charge in [0.1, 0.15) is 17.1 Å². The summed E-state index contributed by atoms with van der Waals surface area (Å²) in [5.74, 6) is 0.234. The second-order valence-electron chi connectivity index (χ2n) is 3.24. The quantitative estimate of drug-likeness (QED) is 0.822. The standard InChI is InChI=1S/C10H10N4O2/c1-6-9(7(2)16-14-6)13-10(15)8-5-11-3-4-12-8/h3-5H,1-2H3,(H,13,15). The Bertz CT molecular complexity index is 487. The van der Waals surface area contributed by atoms with E-state index in [2.05, 4.69) is 20.4 Å². The number of nitrogens with zero attached hydrogens (tertiary/aromatic N) is 3. The highest BCUT2D eigenvalue weighted by atomic mass is 16.5. The molecule has 2 aromatic rings. The number of hydrogen-bond donors (Lipinski definition) is 1. The van der Waals surface area contributed by atoms with Crippen LogP contribution in [0.2, 0.25) is 0 Å². The van der Waals surface area contributed by atoms with Crippen LogP contribution in [0.1, 0.15) is 21.9 Å². The minimum Gasteiger partial charge on any atom is -0.359 e. The Hall–Kier alpha value is -2.24. The maximum Gasteiger partial charge on any atom is 0.276 e. The molecule has 2 rings (SSSR count). The molecule has 6 heteroatoms. The van der Waals surface area contributed by atoms with E-state index in [-0.39, 0.29) is 11.6 Å². The number of rotatable bonds is 2. The Morgan fingerprint density at radius 3 is 2.75 bits per heavy atom. The minimum atomic E-state index is -0.331. The van der Waals surface area contributed by atoms with E-state index in [9.17, 15) is 4.79 Å². The van der Waals surface area contributed by atoms with Gasteiger partial charge in [-0.3, -0.25) is 9.78 Å². The average molecular weight is 218 g/mol. The van der Waals surface area contributed by atoms with E-state index < -0.39 is 0 Å². The smallest absolute Gasteiger partial charge is 0.276 e. The first kappa shape index (κ1) is 10.3. The SMILES string of the molecule is Cc1noc(C)c1NC(=O)c1cnccn1. The van der Waals surface area contributed by atoms with Crippen molar-refractivity contribution in [2.24, 2.45) is 0 Å². The lowest BCUT2D eigenvalue weighted by molar-refractivity contribution is 0.102. The molecule has 0 aliphatic rings. The molecular formula is C10H10N4O2. The first-order valence-corrected chi connectivity index (χ1v) is 4.68. The Morgan fingerprint density at radius 1 is 1.38 bits per heavy atom. The second-order valence-corrected chi connectivity index (χ2v) is 3.24. The normalized spacial score (nSPS) is 10.1. The van der Waals surface area contributed by atoms with Crippen LogP contribution in [-0.4, -0.2) is 21.0 Å².